The van der Waals surface area contributed by atoms with E-state index in [1.165, 1.54) is 23.3 Å². The first-order valence-corrected chi connectivity index (χ1v) is 10.5. The van der Waals surface area contributed by atoms with Gasteiger partial charge < -0.3 is 9.84 Å². The second kappa shape index (κ2) is 8.16. The van der Waals surface area contributed by atoms with E-state index in [-0.39, 0.29) is 11.3 Å². The molecule has 6 heteroatoms. The summed E-state index contributed by atoms with van der Waals surface area (Å²) in [6.07, 6.45) is 0.878. The van der Waals surface area contributed by atoms with Crippen molar-refractivity contribution >= 4 is 34.5 Å². The fourth-order valence-corrected chi connectivity index (χ4v) is 4.46. The van der Waals surface area contributed by atoms with Crippen molar-refractivity contribution in [3.63, 3.8) is 0 Å². The number of aliphatic hydroxyl groups is 1. The molecule has 1 aliphatic rings. The molecule has 0 aliphatic carbocycles. The molecule has 30 heavy (non-hydrogen) atoms. The highest BCUT2D eigenvalue weighted by Crippen LogP contribution is 2.43. The molecule has 0 bridgehead atoms. The monoisotopic (exact) mass is 419 g/mol. The number of aliphatic hydroxyl groups excluding tert-OH is 1. The highest BCUT2D eigenvalue weighted by Gasteiger charge is 2.47. The largest absolute Gasteiger partial charge is 0.507 e. The maximum atomic E-state index is 13.1. The van der Waals surface area contributed by atoms with Gasteiger partial charge in [0.2, 0.25) is 0 Å². The first kappa shape index (κ1) is 19.9. The number of benzene rings is 2. The van der Waals surface area contributed by atoms with Crippen molar-refractivity contribution in [1.82, 2.24) is 0 Å². The molecule has 2 heterocycles. The van der Waals surface area contributed by atoms with Crippen LogP contribution in [0.2, 0.25) is 0 Å². The SMILES string of the molecule is CCc1ccc(N2C(=O)C(=O)/C(=C(\O)c3cccc(OC)c3)C2c2cccs2)cc1. The van der Waals surface area contributed by atoms with Gasteiger partial charge in [-0.3, -0.25) is 14.5 Å². The third-order valence-corrected chi connectivity index (χ3v) is 6.15. The Morgan fingerprint density at radius 1 is 1.10 bits per heavy atom. The lowest BCUT2D eigenvalue weighted by Crippen LogP contribution is -2.29. The number of aryl methyl sites for hydroxylation is 1. The van der Waals surface area contributed by atoms with E-state index in [9.17, 15) is 14.7 Å². The highest BCUT2D eigenvalue weighted by atomic mass is 32.1. The molecule has 5 nitrogen and oxygen atoms in total. The summed E-state index contributed by atoms with van der Waals surface area (Å²) in [7, 11) is 1.53. The van der Waals surface area contributed by atoms with Gasteiger partial charge in [-0.2, -0.15) is 0 Å². The summed E-state index contributed by atoms with van der Waals surface area (Å²) in [6.45, 7) is 2.06. The number of hydrogen-bond donors (Lipinski definition) is 1. The van der Waals surface area contributed by atoms with Gasteiger partial charge in [-0.05, 0) is 47.7 Å². The van der Waals surface area contributed by atoms with Gasteiger partial charge in [-0.25, -0.2) is 0 Å². The maximum Gasteiger partial charge on any atom is 0.300 e. The van der Waals surface area contributed by atoms with E-state index in [1.54, 1.807) is 24.3 Å². The molecule has 0 spiro atoms. The molecule has 0 saturated carbocycles. The van der Waals surface area contributed by atoms with Crippen LogP contribution in [0, 0.1) is 0 Å². The molecule has 2 aromatic carbocycles. The predicted octanol–water partition coefficient (Wildman–Crippen LogP) is 4.95. The molecule has 152 valence electrons. The number of carbonyl (C=O) groups excluding carboxylic acids is 2. The topological polar surface area (TPSA) is 66.8 Å². The van der Waals surface area contributed by atoms with Crippen LogP contribution < -0.4 is 9.64 Å². The molecule has 1 aliphatic heterocycles. The van der Waals surface area contributed by atoms with Gasteiger partial charge >= 0.3 is 0 Å². The normalized spacial score (nSPS) is 18.1. The Kier molecular flexibility index (Phi) is 5.42. The molecule has 1 atom stereocenters. The molecular weight excluding hydrogens is 398 g/mol. The zero-order chi connectivity index (χ0) is 21.3. The van der Waals surface area contributed by atoms with Crippen molar-refractivity contribution in [2.45, 2.75) is 19.4 Å². The Bertz CT molecular complexity index is 1120. The molecular formula is C24H21NO4S. The quantitative estimate of drug-likeness (QED) is 0.361. The van der Waals surface area contributed by atoms with Gasteiger partial charge in [0.15, 0.2) is 0 Å². The highest BCUT2D eigenvalue weighted by molar-refractivity contribution is 7.10. The first-order chi connectivity index (χ1) is 14.5. The molecule has 4 rings (SSSR count). The number of rotatable bonds is 5. The lowest BCUT2D eigenvalue weighted by Gasteiger charge is -2.24. The van der Waals surface area contributed by atoms with Crippen LogP contribution in [0.15, 0.2) is 71.6 Å². The van der Waals surface area contributed by atoms with Crippen LogP contribution in [-0.2, 0) is 16.0 Å². The Morgan fingerprint density at radius 2 is 1.87 bits per heavy atom. The third kappa shape index (κ3) is 3.39. The molecule has 1 N–H and O–H groups in total. The molecule has 1 unspecified atom stereocenters. The molecule has 1 fully saturated rings. The van der Waals surface area contributed by atoms with E-state index in [0.29, 0.717) is 17.0 Å². The van der Waals surface area contributed by atoms with Crippen molar-refractivity contribution in [2.24, 2.45) is 0 Å². The van der Waals surface area contributed by atoms with Crippen LogP contribution >= 0.6 is 11.3 Å². The summed E-state index contributed by atoms with van der Waals surface area (Å²) < 4.78 is 5.23. The van der Waals surface area contributed by atoms with Gasteiger partial charge in [0.05, 0.1) is 12.7 Å². The maximum absolute atomic E-state index is 13.1. The Morgan fingerprint density at radius 3 is 2.50 bits per heavy atom. The molecule has 1 saturated heterocycles. The number of ether oxygens (including phenoxy) is 1. The zero-order valence-electron chi connectivity index (χ0n) is 16.7. The van der Waals surface area contributed by atoms with Gasteiger partial charge in [0.25, 0.3) is 11.7 Å². The minimum Gasteiger partial charge on any atom is -0.507 e. The van der Waals surface area contributed by atoms with E-state index in [4.69, 9.17) is 4.74 Å². The van der Waals surface area contributed by atoms with Gasteiger partial charge in [0, 0.05) is 16.1 Å². The number of anilines is 1. The minimum absolute atomic E-state index is 0.0790. The van der Waals surface area contributed by atoms with Crippen LogP contribution in [0.4, 0.5) is 5.69 Å². The average Bonchev–Trinajstić information content (AvgIpc) is 3.40. The lowest BCUT2D eigenvalue weighted by molar-refractivity contribution is -0.132. The minimum atomic E-state index is -0.701. The number of thiophene rings is 1. The number of nitrogens with zero attached hydrogens (tertiary/aromatic N) is 1. The summed E-state index contributed by atoms with van der Waals surface area (Å²) in [5.41, 5.74) is 2.27. The fraction of sp³-hybridized carbons (Fsp3) is 0.167. The van der Waals surface area contributed by atoms with Crippen LogP contribution in [0.1, 0.15) is 29.0 Å². The third-order valence-electron chi connectivity index (χ3n) is 5.22. The molecule has 0 radical (unpaired) electrons. The summed E-state index contributed by atoms with van der Waals surface area (Å²) in [5.74, 6) is -1.01. The van der Waals surface area contributed by atoms with Crippen molar-refractivity contribution in [3.8, 4) is 5.75 Å². The van der Waals surface area contributed by atoms with Crippen LogP contribution in [0.5, 0.6) is 5.75 Å². The van der Waals surface area contributed by atoms with Gasteiger partial charge in [-0.1, -0.05) is 37.3 Å². The van der Waals surface area contributed by atoms with E-state index < -0.39 is 17.7 Å². The Hall–Kier alpha value is -3.38. The summed E-state index contributed by atoms with van der Waals surface area (Å²) >= 11 is 1.44. The number of methoxy groups -OCH3 is 1. The summed E-state index contributed by atoms with van der Waals surface area (Å²) in [5, 5.41) is 13.0. The van der Waals surface area contributed by atoms with Crippen molar-refractivity contribution < 1.29 is 19.4 Å². The van der Waals surface area contributed by atoms with Crippen molar-refractivity contribution in [2.75, 3.05) is 12.0 Å². The van der Waals surface area contributed by atoms with E-state index >= 15 is 0 Å². The van der Waals surface area contributed by atoms with E-state index in [2.05, 4.69) is 6.92 Å². The number of carbonyl (C=O) groups is 2. The number of ketones is 1. The summed E-state index contributed by atoms with van der Waals surface area (Å²) in [4.78, 5) is 28.4. The Balaban J connectivity index is 1.89. The average molecular weight is 420 g/mol. The number of amides is 1. The standard InChI is InChI=1S/C24H21NO4S/c1-3-15-9-11-17(12-10-15)25-21(19-8-5-13-30-19)20(23(27)24(25)28)22(26)16-6-4-7-18(14-16)29-2/h4-14,21,26H,3H2,1-2H3/b22-20-. The van der Waals surface area contributed by atoms with Crippen LogP contribution in [-0.4, -0.2) is 23.9 Å². The van der Waals surface area contributed by atoms with Gasteiger partial charge in [0.1, 0.15) is 17.6 Å². The second-order valence-electron chi connectivity index (χ2n) is 6.94. The van der Waals surface area contributed by atoms with Crippen LogP contribution in [0.3, 0.4) is 0 Å². The van der Waals surface area contributed by atoms with E-state index in [1.807, 2.05) is 41.8 Å². The summed E-state index contributed by atoms with van der Waals surface area (Å²) in [6, 6.07) is 17.4. The van der Waals surface area contributed by atoms with Crippen molar-refractivity contribution in [1.29, 1.82) is 0 Å². The van der Waals surface area contributed by atoms with Gasteiger partial charge in [-0.15, -0.1) is 11.3 Å². The second-order valence-corrected chi connectivity index (χ2v) is 7.92. The van der Waals surface area contributed by atoms with Crippen LogP contribution in [0.25, 0.3) is 5.76 Å². The molecule has 1 amide bonds. The first-order valence-electron chi connectivity index (χ1n) is 9.63. The predicted molar refractivity (Wildman–Crippen MR) is 118 cm³/mol. The molecule has 3 aromatic rings. The lowest BCUT2D eigenvalue weighted by atomic mass is 9.99. The number of hydrogen-bond acceptors (Lipinski definition) is 5. The van der Waals surface area contributed by atoms with Crippen molar-refractivity contribution in [3.05, 3.63) is 87.6 Å². The zero-order valence-corrected chi connectivity index (χ0v) is 17.5. The smallest absolute Gasteiger partial charge is 0.300 e. The molecule has 1 aromatic heterocycles. The van der Waals surface area contributed by atoms with E-state index in [0.717, 1.165) is 16.9 Å². The Labute approximate surface area is 178 Å². The number of Topliss-reactive ketones (excluding diaryl/α,β-unsaturated/α-hetero) is 1. The fourth-order valence-electron chi connectivity index (χ4n) is 3.63.